The van der Waals surface area contributed by atoms with Gasteiger partial charge in [0.2, 0.25) is 0 Å². The summed E-state index contributed by atoms with van der Waals surface area (Å²) in [4.78, 5) is 11.5. The molecule has 0 N–H and O–H groups in total. The van der Waals surface area contributed by atoms with Gasteiger partial charge >= 0.3 is 0 Å². The van der Waals surface area contributed by atoms with Crippen LogP contribution in [0.25, 0.3) is 0 Å². The molecule has 0 bridgehead atoms. The molecule has 0 amide bonds. The van der Waals surface area contributed by atoms with E-state index in [-0.39, 0.29) is 0 Å². The first-order chi connectivity index (χ1) is 10.3. The molecule has 2 aliphatic heterocycles. The Morgan fingerprint density at radius 1 is 1.24 bits per heavy atom. The van der Waals surface area contributed by atoms with Crippen LogP contribution >= 0.6 is 0 Å². The predicted molar refractivity (Wildman–Crippen MR) is 83.3 cm³/mol. The summed E-state index contributed by atoms with van der Waals surface area (Å²) in [5, 5.41) is 9.21. The maximum absolute atomic E-state index is 9.21. The summed E-state index contributed by atoms with van der Waals surface area (Å²) in [6.07, 6.45) is 6.14. The Morgan fingerprint density at radius 3 is 2.76 bits per heavy atom. The third-order valence-electron chi connectivity index (χ3n) is 4.69. The van der Waals surface area contributed by atoms with Crippen LogP contribution in [0.15, 0.2) is 18.5 Å². The van der Waals surface area contributed by atoms with Crippen molar-refractivity contribution in [3.63, 3.8) is 0 Å². The summed E-state index contributed by atoms with van der Waals surface area (Å²) in [5.41, 5.74) is 1.72. The maximum Gasteiger partial charge on any atom is 0.101 e. The second kappa shape index (κ2) is 6.42. The molecule has 112 valence electrons. The molecule has 21 heavy (non-hydrogen) atoms. The Morgan fingerprint density at radius 2 is 2.05 bits per heavy atom. The van der Waals surface area contributed by atoms with Crippen molar-refractivity contribution in [1.82, 2.24) is 14.8 Å². The minimum atomic E-state index is 0.704. The first-order valence-electron chi connectivity index (χ1n) is 7.79. The van der Waals surface area contributed by atoms with Crippen LogP contribution in [0.1, 0.15) is 18.4 Å². The number of anilines is 1. The lowest BCUT2D eigenvalue weighted by Gasteiger charge is -2.43. The van der Waals surface area contributed by atoms with Crippen molar-refractivity contribution in [3.8, 4) is 6.07 Å². The van der Waals surface area contributed by atoms with Crippen LogP contribution in [0.3, 0.4) is 0 Å². The molecule has 0 spiro atoms. The van der Waals surface area contributed by atoms with E-state index < -0.39 is 0 Å². The van der Waals surface area contributed by atoms with E-state index in [1.807, 2.05) is 6.20 Å². The van der Waals surface area contributed by atoms with E-state index in [1.165, 1.54) is 25.9 Å². The zero-order valence-electron chi connectivity index (χ0n) is 12.7. The van der Waals surface area contributed by atoms with E-state index >= 15 is 0 Å². The number of likely N-dealkylation sites (N-methyl/N-ethyl adjacent to an activating group) is 1. The van der Waals surface area contributed by atoms with Crippen LogP contribution in [0.5, 0.6) is 0 Å². The Hall–Kier alpha value is -1.64. The van der Waals surface area contributed by atoms with E-state index in [1.54, 1.807) is 12.3 Å². The molecule has 0 aliphatic carbocycles. The Balaban J connectivity index is 1.61. The normalized spacial score (nSPS) is 24.8. The largest absolute Gasteiger partial charge is 0.367 e. The van der Waals surface area contributed by atoms with Gasteiger partial charge in [-0.25, -0.2) is 0 Å². The average molecular weight is 285 g/mol. The van der Waals surface area contributed by atoms with Crippen molar-refractivity contribution in [2.45, 2.75) is 18.9 Å². The van der Waals surface area contributed by atoms with Gasteiger partial charge in [-0.05, 0) is 32.5 Å². The number of rotatable bonds is 2. The van der Waals surface area contributed by atoms with Crippen molar-refractivity contribution < 1.29 is 0 Å². The monoisotopic (exact) mass is 285 g/mol. The Bertz CT molecular complexity index is 516. The summed E-state index contributed by atoms with van der Waals surface area (Å²) in [6, 6.07) is 4.78. The van der Waals surface area contributed by atoms with Crippen molar-refractivity contribution in [3.05, 3.63) is 24.0 Å². The maximum atomic E-state index is 9.21. The van der Waals surface area contributed by atoms with Crippen molar-refractivity contribution in [2.75, 3.05) is 51.2 Å². The molecule has 1 aromatic heterocycles. The first kappa shape index (κ1) is 14.3. The molecule has 5 nitrogen and oxygen atoms in total. The zero-order valence-corrected chi connectivity index (χ0v) is 12.7. The number of piperidine rings is 1. The topological polar surface area (TPSA) is 46.4 Å². The standard InChI is InChI=1S/C16H23N5/c1-19-6-2-3-15(13-19)20-7-9-21(10-8-20)16-12-18-5-4-14(16)11-17/h4-5,12,15H,2-3,6-10,13H2,1H3. The van der Waals surface area contributed by atoms with Crippen LogP contribution < -0.4 is 4.90 Å². The van der Waals surface area contributed by atoms with E-state index in [0.29, 0.717) is 6.04 Å². The van der Waals surface area contributed by atoms with Gasteiger partial charge in [-0.1, -0.05) is 0 Å². The second-order valence-electron chi connectivity index (χ2n) is 6.09. The van der Waals surface area contributed by atoms with Gasteiger partial charge in [-0.3, -0.25) is 9.88 Å². The Labute approximate surface area is 126 Å². The number of pyridine rings is 1. The third-order valence-corrected chi connectivity index (χ3v) is 4.69. The lowest BCUT2D eigenvalue weighted by atomic mass is 10.0. The molecule has 1 atom stereocenters. The highest BCUT2D eigenvalue weighted by Gasteiger charge is 2.27. The highest BCUT2D eigenvalue weighted by molar-refractivity contribution is 5.57. The molecule has 5 heteroatoms. The number of likely N-dealkylation sites (tertiary alicyclic amines) is 1. The third kappa shape index (κ3) is 3.17. The molecule has 2 fully saturated rings. The van der Waals surface area contributed by atoms with E-state index in [9.17, 15) is 5.26 Å². The SMILES string of the molecule is CN1CCCC(N2CCN(c3cnccc3C#N)CC2)C1. The lowest BCUT2D eigenvalue weighted by molar-refractivity contribution is 0.106. The second-order valence-corrected chi connectivity index (χ2v) is 6.09. The minimum Gasteiger partial charge on any atom is -0.367 e. The van der Waals surface area contributed by atoms with Crippen molar-refractivity contribution in [2.24, 2.45) is 0 Å². The van der Waals surface area contributed by atoms with Crippen LogP contribution in [-0.2, 0) is 0 Å². The van der Waals surface area contributed by atoms with E-state index in [0.717, 1.165) is 37.4 Å². The summed E-state index contributed by atoms with van der Waals surface area (Å²) < 4.78 is 0. The lowest BCUT2D eigenvalue weighted by Crippen LogP contribution is -2.54. The average Bonchev–Trinajstić information content (AvgIpc) is 2.55. The molecule has 1 aromatic rings. The van der Waals surface area contributed by atoms with Crippen LogP contribution in [-0.4, -0.2) is 67.1 Å². The zero-order chi connectivity index (χ0) is 14.7. The van der Waals surface area contributed by atoms with Crippen molar-refractivity contribution >= 4 is 5.69 Å². The van der Waals surface area contributed by atoms with E-state index in [2.05, 4.69) is 32.8 Å². The van der Waals surface area contributed by atoms with Crippen LogP contribution in [0, 0.1) is 11.3 Å². The van der Waals surface area contributed by atoms with Gasteiger partial charge in [0.05, 0.1) is 17.4 Å². The molecule has 0 aromatic carbocycles. The highest BCUT2D eigenvalue weighted by Crippen LogP contribution is 2.22. The van der Waals surface area contributed by atoms with Gasteiger partial charge in [0, 0.05) is 45.0 Å². The molecular formula is C16H23N5. The molecule has 3 heterocycles. The number of hydrogen-bond donors (Lipinski definition) is 0. The van der Waals surface area contributed by atoms with Gasteiger partial charge in [0.1, 0.15) is 6.07 Å². The summed E-state index contributed by atoms with van der Waals surface area (Å²) in [6.45, 7) is 6.56. The molecule has 1 unspecified atom stereocenters. The predicted octanol–water partition coefficient (Wildman–Crippen LogP) is 1.17. The molecule has 2 saturated heterocycles. The van der Waals surface area contributed by atoms with Crippen LogP contribution in [0.2, 0.25) is 0 Å². The van der Waals surface area contributed by atoms with Crippen molar-refractivity contribution in [1.29, 1.82) is 5.26 Å². The summed E-state index contributed by atoms with van der Waals surface area (Å²) in [7, 11) is 2.22. The molecule has 2 aliphatic rings. The molecule has 0 radical (unpaired) electrons. The van der Waals surface area contributed by atoms with Gasteiger partial charge < -0.3 is 9.80 Å². The number of aromatic nitrogens is 1. The van der Waals surface area contributed by atoms with Gasteiger partial charge in [-0.15, -0.1) is 0 Å². The Kier molecular flexibility index (Phi) is 4.37. The number of piperazine rings is 1. The number of nitriles is 1. The minimum absolute atomic E-state index is 0.704. The fourth-order valence-corrected chi connectivity index (χ4v) is 3.50. The number of nitrogens with zero attached hydrogens (tertiary/aromatic N) is 5. The number of hydrogen-bond acceptors (Lipinski definition) is 5. The smallest absolute Gasteiger partial charge is 0.101 e. The van der Waals surface area contributed by atoms with Gasteiger partial charge in [0.25, 0.3) is 0 Å². The molecule has 0 saturated carbocycles. The van der Waals surface area contributed by atoms with Gasteiger partial charge in [0.15, 0.2) is 0 Å². The molecule has 3 rings (SSSR count). The summed E-state index contributed by atoms with van der Waals surface area (Å²) in [5.74, 6) is 0. The summed E-state index contributed by atoms with van der Waals surface area (Å²) >= 11 is 0. The van der Waals surface area contributed by atoms with Crippen LogP contribution in [0.4, 0.5) is 5.69 Å². The van der Waals surface area contributed by atoms with Gasteiger partial charge in [-0.2, -0.15) is 5.26 Å². The fraction of sp³-hybridized carbons (Fsp3) is 0.625. The molecular weight excluding hydrogens is 262 g/mol. The van der Waals surface area contributed by atoms with E-state index in [4.69, 9.17) is 0 Å². The highest BCUT2D eigenvalue weighted by atomic mass is 15.3. The first-order valence-corrected chi connectivity index (χ1v) is 7.79. The fourth-order valence-electron chi connectivity index (χ4n) is 3.50. The quantitative estimate of drug-likeness (QED) is 0.816.